The molecule has 0 saturated heterocycles. The van der Waals surface area contributed by atoms with Crippen LogP contribution in [0.15, 0.2) is 133 Å². The quantitative estimate of drug-likeness (QED) is 0.0282. The Hall–Kier alpha value is -8.53. The smallest absolute Gasteiger partial charge is 0.326 e. The predicted molar refractivity (Wildman–Crippen MR) is 236 cm³/mol. The van der Waals surface area contributed by atoms with E-state index in [2.05, 4.69) is 26.3 Å². The fraction of sp³-hybridized carbons (Fsp3) is 0.109. The van der Waals surface area contributed by atoms with E-state index in [9.17, 15) is 39.7 Å². The molecule has 0 unspecified atom stereocenters. The Bertz CT molecular complexity index is 3000. The van der Waals surface area contributed by atoms with Crippen molar-refractivity contribution in [3.63, 3.8) is 0 Å². The second-order valence-electron chi connectivity index (χ2n) is 14.4. The number of pyridine rings is 2. The van der Waals surface area contributed by atoms with Crippen molar-refractivity contribution in [1.82, 2.24) is 20.6 Å². The van der Waals surface area contributed by atoms with Gasteiger partial charge in [0.2, 0.25) is 0 Å². The number of fused-ring (bicyclic) bond motifs is 4. The van der Waals surface area contributed by atoms with E-state index < -0.39 is 39.4 Å². The molecule has 6 aromatic carbocycles. The zero-order chi connectivity index (χ0) is 43.3. The summed E-state index contributed by atoms with van der Waals surface area (Å²) in [4.78, 5) is 71.2. The molecular formula is C46H36N8O8. The third-order valence-electron chi connectivity index (χ3n) is 10.4. The lowest BCUT2D eigenvalue weighted by atomic mass is 10.1. The minimum atomic E-state index is -1.33. The molecule has 16 heteroatoms. The molecule has 8 rings (SSSR count). The molecule has 0 aliphatic rings. The number of anilines is 4. The number of nitrogens with one attached hydrogen (secondary N) is 4. The Labute approximate surface area is 351 Å². The van der Waals surface area contributed by atoms with Crippen LogP contribution in [0.5, 0.6) is 0 Å². The van der Waals surface area contributed by atoms with Crippen LogP contribution < -0.4 is 21.3 Å². The number of nitro groups is 2. The molecule has 1 atom stereocenters. The molecule has 0 aliphatic carbocycles. The van der Waals surface area contributed by atoms with Gasteiger partial charge in [-0.25, -0.2) is 14.8 Å². The van der Waals surface area contributed by atoms with Crippen LogP contribution in [0.2, 0.25) is 0 Å². The lowest BCUT2D eigenvalue weighted by molar-refractivity contribution is -0.384. The van der Waals surface area contributed by atoms with Crippen molar-refractivity contribution in [3.05, 3.63) is 165 Å². The number of nitrogens with zero attached hydrogens (tertiary/aromatic N) is 4. The van der Waals surface area contributed by atoms with Crippen LogP contribution in [0.3, 0.4) is 0 Å². The van der Waals surface area contributed by atoms with Crippen LogP contribution in [-0.4, -0.2) is 55.3 Å². The molecule has 0 aliphatic heterocycles. The van der Waals surface area contributed by atoms with Crippen LogP contribution in [0.4, 0.5) is 34.1 Å². The van der Waals surface area contributed by atoms with E-state index in [0.29, 0.717) is 39.9 Å². The summed E-state index contributed by atoms with van der Waals surface area (Å²) in [5.74, 6) is -2.68. The van der Waals surface area contributed by atoms with Crippen molar-refractivity contribution in [2.24, 2.45) is 0 Å². The first kappa shape index (κ1) is 40.3. The van der Waals surface area contributed by atoms with Gasteiger partial charge in [0.25, 0.3) is 23.2 Å². The number of aliphatic carboxylic acids is 1. The first-order chi connectivity index (χ1) is 30.0. The molecular weight excluding hydrogens is 793 g/mol. The number of hydrogen-bond donors (Lipinski definition) is 5. The summed E-state index contributed by atoms with van der Waals surface area (Å²) in [6.07, 6.45) is 0.579. The molecule has 2 aromatic heterocycles. The average molecular weight is 829 g/mol. The fourth-order valence-corrected chi connectivity index (χ4v) is 7.35. The van der Waals surface area contributed by atoms with Crippen LogP contribution in [0.1, 0.15) is 40.0 Å². The number of carbonyl (C=O) groups is 3. The van der Waals surface area contributed by atoms with Crippen molar-refractivity contribution >= 4 is 95.5 Å². The topological polar surface area (TPSA) is 232 Å². The molecule has 0 radical (unpaired) electrons. The molecule has 16 nitrogen and oxygen atoms in total. The monoisotopic (exact) mass is 828 g/mol. The number of unbranched alkanes of at least 4 members (excludes halogenated alkanes) is 1. The van der Waals surface area contributed by atoms with Gasteiger partial charge in [0.1, 0.15) is 17.4 Å². The molecule has 0 saturated carbocycles. The molecule has 62 heavy (non-hydrogen) atoms. The normalized spacial score (nSPS) is 11.6. The highest BCUT2D eigenvalue weighted by atomic mass is 16.6. The molecule has 0 bridgehead atoms. The largest absolute Gasteiger partial charge is 0.480 e. The Balaban J connectivity index is 0.893. The van der Waals surface area contributed by atoms with Gasteiger partial charge in [-0.1, -0.05) is 72.8 Å². The number of aromatic nitrogens is 2. The van der Waals surface area contributed by atoms with Gasteiger partial charge in [-0.15, -0.1) is 0 Å². The Morgan fingerprint density at radius 1 is 0.565 bits per heavy atom. The molecule has 8 aromatic rings. The number of hydrogen-bond acceptors (Lipinski definition) is 11. The Kier molecular flexibility index (Phi) is 11.3. The van der Waals surface area contributed by atoms with Crippen molar-refractivity contribution < 1.29 is 29.3 Å². The van der Waals surface area contributed by atoms with E-state index >= 15 is 0 Å². The average Bonchev–Trinajstić information content (AvgIpc) is 3.28. The summed E-state index contributed by atoms with van der Waals surface area (Å²) in [6.45, 7) is 0.116. The highest BCUT2D eigenvalue weighted by Gasteiger charge is 2.25. The predicted octanol–water partition coefficient (Wildman–Crippen LogP) is 9.18. The van der Waals surface area contributed by atoms with Crippen molar-refractivity contribution in [2.45, 2.75) is 25.3 Å². The molecule has 0 spiro atoms. The van der Waals surface area contributed by atoms with Gasteiger partial charge >= 0.3 is 5.97 Å². The maximum atomic E-state index is 13.3. The number of carbonyl (C=O) groups excluding carboxylic acids is 2. The van der Waals surface area contributed by atoms with Gasteiger partial charge < -0.3 is 26.4 Å². The van der Waals surface area contributed by atoms with E-state index in [1.165, 1.54) is 30.3 Å². The van der Waals surface area contributed by atoms with E-state index in [1.54, 1.807) is 0 Å². The van der Waals surface area contributed by atoms with Crippen LogP contribution >= 0.6 is 0 Å². The molecule has 308 valence electrons. The Morgan fingerprint density at radius 2 is 0.968 bits per heavy atom. The summed E-state index contributed by atoms with van der Waals surface area (Å²) in [5.41, 5.74) is 3.58. The third-order valence-corrected chi connectivity index (χ3v) is 10.4. The maximum Gasteiger partial charge on any atom is 0.326 e. The van der Waals surface area contributed by atoms with Gasteiger partial charge in [0.15, 0.2) is 0 Å². The highest BCUT2D eigenvalue weighted by molar-refractivity contribution is 6.10. The lowest BCUT2D eigenvalue weighted by Crippen LogP contribution is -2.40. The van der Waals surface area contributed by atoms with Crippen LogP contribution in [0.25, 0.3) is 43.6 Å². The summed E-state index contributed by atoms with van der Waals surface area (Å²) < 4.78 is 0. The van der Waals surface area contributed by atoms with Crippen LogP contribution in [0, 0.1) is 20.2 Å². The summed E-state index contributed by atoms with van der Waals surface area (Å²) in [6, 6.07) is 36.3. The zero-order valence-corrected chi connectivity index (χ0v) is 32.7. The number of benzene rings is 6. The maximum absolute atomic E-state index is 13.3. The minimum Gasteiger partial charge on any atom is -0.480 e. The molecule has 0 fully saturated rings. The Morgan fingerprint density at radius 3 is 1.37 bits per heavy atom. The summed E-state index contributed by atoms with van der Waals surface area (Å²) >= 11 is 0. The standard InChI is InChI=1S/C46H36N8O8/c55-44(27-20-22-37(40(25-27)53(59)60)50-42-29-11-1-5-15-33(29)48-34-16-6-2-12-30(34)42)47-24-10-9-19-39(46(57)58)52-45(56)28-21-23-38(41(26-28)54(61)62)51-43-31-13-3-7-17-35(31)49-36-18-8-4-14-32(36)43/h1-8,11-18,20-23,25-26,39H,9-10,19,24H2,(H,47,55)(H,48,50)(H,49,51)(H,52,56)(H,57,58)/t39-/m1/s1. The van der Waals surface area contributed by atoms with Gasteiger partial charge in [-0.2, -0.15) is 0 Å². The van der Waals surface area contributed by atoms with Crippen molar-refractivity contribution in [2.75, 3.05) is 17.2 Å². The number of amides is 2. The second kappa shape index (κ2) is 17.4. The van der Waals surface area contributed by atoms with E-state index in [-0.39, 0.29) is 47.6 Å². The van der Waals surface area contributed by atoms with E-state index in [1.807, 2.05) is 97.1 Å². The van der Waals surface area contributed by atoms with Gasteiger partial charge in [-0.3, -0.25) is 29.8 Å². The van der Waals surface area contributed by atoms with Gasteiger partial charge in [0.05, 0.1) is 43.3 Å². The number of carboxylic acid groups (broad SMARTS) is 1. The highest BCUT2D eigenvalue weighted by Crippen LogP contribution is 2.38. The number of nitro benzene ring substituents is 2. The molecule has 2 amide bonds. The summed E-state index contributed by atoms with van der Waals surface area (Å²) in [7, 11) is 0. The van der Waals surface area contributed by atoms with Crippen LogP contribution in [-0.2, 0) is 4.79 Å². The number of para-hydroxylation sites is 4. The molecule has 5 N–H and O–H groups in total. The van der Waals surface area contributed by atoms with E-state index in [4.69, 9.17) is 4.98 Å². The van der Waals surface area contributed by atoms with Gasteiger partial charge in [0, 0.05) is 51.3 Å². The van der Waals surface area contributed by atoms with Gasteiger partial charge in [-0.05, 0) is 67.8 Å². The number of carboxylic acids is 1. The summed E-state index contributed by atoms with van der Waals surface area (Å²) in [5, 5.41) is 48.9. The SMILES string of the molecule is O=C(NCCCC[C@@H](NC(=O)c1ccc(Nc2c3ccccc3nc3ccccc23)c([N+](=O)[O-])c1)C(=O)O)c1ccc(Nc2c3ccccc3nc3ccccc23)c([N+](=O)[O-])c1. The van der Waals surface area contributed by atoms with Crippen molar-refractivity contribution in [3.8, 4) is 0 Å². The lowest BCUT2D eigenvalue weighted by Gasteiger charge is -2.16. The first-order valence-corrected chi connectivity index (χ1v) is 19.5. The minimum absolute atomic E-state index is 0.00885. The van der Waals surface area contributed by atoms with E-state index in [0.717, 1.165) is 27.6 Å². The van der Waals surface area contributed by atoms with Crippen molar-refractivity contribution in [1.29, 1.82) is 0 Å². The third kappa shape index (κ3) is 8.33. The number of rotatable bonds is 15. The first-order valence-electron chi connectivity index (χ1n) is 19.5. The second-order valence-corrected chi connectivity index (χ2v) is 14.4. The zero-order valence-electron chi connectivity index (χ0n) is 32.7. The fourth-order valence-electron chi connectivity index (χ4n) is 7.35. The molecule has 2 heterocycles.